The summed E-state index contributed by atoms with van der Waals surface area (Å²) in [7, 11) is 0. The van der Waals surface area contributed by atoms with Gasteiger partial charge in [0.05, 0.1) is 0 Å². The molecular weight excluding hydrogens is 226 g/mol. The molecule has 1 aliphatic rings. The molecule has 1 fully saturated rings. The van der Waals surface area contributed by atoms with E-state index in [1.54, 1.807) is 17.0 Å². The van der Waals surface area contributed by atoms with Crippen LogP contribution >= 0.6 is 0 Å². The molecule has 0 spiro atoms. The van der Waals surface area contributed by atoms with Gasteiger partial charge in [-0.1, -0.05) is 0 Å². The number of hydrogen-bond acceptors (Lipinski definition) is 3. The molecule has 2 rings (SSSR count). The predicted molar refractivity (Wildman–Crippen MR) is 73.9 cm³/mol. The molecule has 1 N–H and O–H groups in total. The molecule has 100 valence electrons. The lowest BCUT2D eigenvalue weighted by molar-refractivity contribution is 0.381. The van der Waals surface area contributed by atoms with Crippen molar-refractivity contribution in [1.29, 1.82) is 0 Å². The Labute approximate surface area is 108 Å². The second kappa shape index (κ2) is 4.11. The van der Waals surface area contributed by atoms with Crippen LogP contribution in [0.2, 0.25) is 0 Å². The lowest BCUT2D eigenvalue weighted by Crippen LogP contribution is -2.40. The van der Waals surface area contributed by atoms with Crippen LogP contribution in [0.15, 0.2) is 17.2 Å². The van der Waals surface area contributed by atoms with Crippen LogP contribution in [0, 0.1) is 5.92 Å². The number of nitrogens with one attached hydrogen (secondary N) is 1. The van der Waals surface area contributed by atoms with Gasteiger partial charge in [-0.15, -0.1) is 0 Å². The fourth-order valence-electron chi connectivity index (χ4n) is 2.24. The Morgan fingerprint density at radius 1 is 1.28 bits per heavy atom. The molecule has 1 aromatic heterocycles. The highest BCUT2D eigenvalue weighted by Gasteiger charge is 2.38. The van der Waals surface area contributed by atoms with Crippen molar-refractivity contribution in [1.82, 2.24) is 9.55 Å². The molecule has 18 heavy (non-hydrogen) atoms. The molecule has 0 saturated heterocycles. The molecule has 0 amide bonds. The average Bonchev–Trinajstić information content (AvgIpc) is 3.02. The zero-order valence-corrected chi connectivity index (χ0v) is 11.9. The third-order valence-corrected chi connectivity index (χ3v) is 3.60. The van der Waals surface area contributed by atoms with E-state index < -0.39 is 0 Å². The molecule has 1 aliphatic carbocycles. The lowest BCUT2D eigenvalue weighted by atomic mass is 9.99. The summed E-state index contributed by atoms with van der Waals surface area (Å²) < 4.78 is 1.73. The van der Waals surface area contributed by atoms with Crippen molar-refractivity contribution >= 4 is 5.82 Å². The summed E-state index contributed by atoms with van der Waals surface area (Å²) in [6, 6.07) is 0. The van der Waals surface area contributed by atoms with Gasteiger partial charge in [-0.05, 0) is 53.4 Å². The predicted octanol–water partition coefficient (Wildman–Crippen LogP) is 2.60. The number of rotatable bonds is 3. The third-order valence-electron chi connectivity index (χ3n) is 3.60. The van der Waals surface area contributed by atoms with Crippen LogP contribution in [0.1, 0.15) is 47.5 Å². The van der Waals surface area contributed by atoms with Crippen molar-refractivity contribution < 1.29 is 0 Å². The van der Waals surface area contributed by atoms with Gasteiger partial charge in [0.1, 0.15) is 0 Å². The Hall–Kier alpha value is -1.32. The SMILES string of the molecule is CC(C)(Nc1nccn(C(C)(C)C)c1=O)C1CC1. The summed E-state index contributed by atoms with van der Waals surface area (Å²) in [5, 5.41) is 3.32. The molecule has 0 aromatic carbocycles. The minimum Gasteiger partial charge on any atom is -0.360 e. The van der Waals surface area contributed by atoms with Crippen LogP contribution in [0.3, 0.4) is 0 Å². The smallest absolute Gasteiger partial charge is 0.293 e. The molecule has 0 unspecified atom stereocenters. The number of aromatic nitrogens is 2. The Kier molecular flexibility index (Phi) is 2.99. The van der Waals surface area contributed by atoms with Gasteiger partial charge in [0.25, 0.3) is 5.56 Å². The summed E-state index contributed by atoms with van der Waals surface area (Å²) in [6.45, 7) is 10.3. The summed E-state index contributed by atoms with van der Waals surface area (Å²) in [4.78, 5) is 16.6. The lowest BCUT2D eigenvalue weighted by Gasteiger charge is -2.28. The van der Waals surface area contributed by atoms with Crippen molar-refractivity contribution in [2.24, 2.45) is 5.92 Å². The number of anilines is 1. The van der Waals surface area contributed by atoms with Crippen molar-refractivity contribution in [3.63, 3.8) is 0 Å². The highest BCUT2D eigenvalue weighted by molar-refractivity contribution is 5.35. The minimum atomic E-state index is -0.222. The molecule has 1 aromatic rings. The molecule has 4 nitrogen and oxygen atoms in total. The van der Waals surface area contributed by atoms with Crippen molar-refractivity contribution in [2.75, 3.05) is 5.32 Å². The zero-order chi connectivity index (χ0) is 13.6. The van der Waals surface area contributed by atoms with Crippen LogP contribution in [0.25, 0.3) is 0 Å². The Bertz CT molecular complexity index is 492. The van der Waals surface area contributed by atoms with E-state index in [-0.39, 0.29) is 16.6 Å². The van der Waals surface area contributed by atoms with Crippen LogP contribution in [-0.4, -0.2) is 15.1 Å². The second-order valence-electron chi connectivity index (χ2n) is 6.74. The number of nitrogens with zero attached hydrogens (tertiary/aromatic N) is 2. The van der Waals surface area contributed by atoms with Crippen LogP contribution < -0.4 is 10.9 Å². The summed E-state index contributed by atoms with van der Waals surface area (Å²) in [6.07, 6.45) is 5.91. The van der Waals surface area contributed by atoms with E-state index in [1.165, 1.54) is 12.8 Å². The van der Waals surface area contributed by atoms with Gasteiger partial charge in [-0.2, -0.15) is 0 Å². The van der Waals surface area contributed by atoms with Crippen molar-refractivity contribution in [2.45, 2.75) is 58.5 Å². The highest BCUT2D eigenvalue weighted by atomic mass is 16.1. The van der Waals surface area contributed by atoms with Crippen LogP contribution in [0.4, 0.5) is 5.82 Å². The maximum absolute atomic E-state index is 12.4. The summed E-state index contributed by atoms with van der Waals surface area (Å²) >= 11 is 0. The van der Waals surface area contributed by atoms with Gasteiger partial charge in [-0.25, -0.2) is 4.98 Å². The first kappa shape index (κ1) is 13.1. The molecule has 0 radical (unpaired) electrons. The zero-order valence-electron chi connectivity index (χ0n) is 11.9. The molecule has 0 bridgehead atoms. The molecule has 0 atom stereocenters. The fourth-order valence-corrected chi connectivity index (χ4v) is 2.24. The Morgan fingerprint density at radius 3 is 2.39 bits per heavy atom. The van der Waals surface area contributed by atoms with E-state index in [4.69, 9.17) is 0 Å². The van der Waals surface area contributed by atoms with E-state index >= 15 is 0 Å². The average molecular weight is 249 g/mol. The topological polar surface area (TPSA) is 46.9 Å². The van der Waals surface area contributed by atoms with Gasteiger partial charge in [0.2, 0.25) is 0 Å². The van der Waals surface area contributed by atoms with E-state index in [0.717, 1.165) is 0 Å². The summed E-state index contributed by atoms with van der Waals surface area (Å²) in [5.74, 6) is 1.12. The largest absolute Gasteiger partial charge is 0.360 e. The van der Waals surface area contributed by atoms with E-state index in [2.05, 4.69) is 24.1 Å². The normalized spacial score (nSPS) is 16.7. The molecular formula is C14H23N3O. The molecule has 4 heteroatoms. The third kappa shape index (κ3) is 2.57. The van der Waals surface area contributed by atoms with Crippen LogP contribution in [-0.2, 0) is 5.54 Å². The standard InChI is InChI=1S/C14H23N3O/c1-13(2,3)17-9-8-15-11(12(17)18)16-14(4,5)10-6-7-10/h8-10H,6-7H2,1-5H3,(H,15,16). The van der Waals surface area contributed by atoms with Gasteiger partial charge in [-0.3, -0.25) is 4.79 Å². The summed E-state index contributed by atoms with van der Waals surface area (Å²) in [5.41, 5.74) is -0.317. The molecule has 1 heterocycles. The van der Waals surface area contributed by atoms with Gasteiger partial charge >= 0.3 is 0 Å². The first-order valence-corrected chi connectivity index (χ1v) is 6.58. The van der Waals surface area contributed by atoms with Crippen molar-refractivity contribution in [3.8, 4) is 0 Å². The van der Waals surface area contributed by atoms with E-state index in [0.29, 0.717) is 11.7 Å². The van der Waals surface area contributed by atoms with E-state index in [1.807, 2.05) is 20.8 Å². The molecule has 1 saturated carbocycles. The second-order valence-corrected chi connectivity index (χ2v) is 6.74. The van der Waals surface area contributed by atoms with E-state index in [9.17, 15) is 4.79 Å². The first-order chi connectivity index (χ1) is 8.22. The van der Waals surface area contributed by atoms with Crippen molar-refractivity contribution in [3.05, 3.63) is 22.7 Å². The monoisotopic (exact) mass is 249 g/mol. The van der Waals surface area contributed by atoms with Gasteiger partial charge in [0.15, 0.2) is 5.82 Å². The Morgan fingerprint density at radius 2 is 1.89 bits per heavy atom. The molecule has 0 aliphatic heterocycles. The maximum Gasteiger partial charge on any atom is 0.293 e. The first-order valence-electron chi connectivity index (χ1n) is 6.58. The van der Waals surface area contributed by atoms with Gasteiger partial charge < -0.3 is 9.88 Å². The quantitative estimate of drug-likeness (QED) is 0.895. The van der Waals surface area contributed by atoms with Crippen LogP contribution in [0.5, 0.6) is 0 Å². The fraction of sp³-hybridized carbons (Fsp3) is 0.714. The minimum absolute atomic E-state index is 0.0428. The maximum atomic E-state index is 12.4. The van der Waals surface area contributed by atoms with Gasteiger partial charge in [0, 0.05) is 23.5 Å². The highest BCUT2D eigenvalue weighted by Crippen LogP contribution is 2.40. The Balaban J connectivity index is 2.32. The number of hydrogen-bond donors (Lipinski definition) is 1.